The number of hydrogen-bond acceptors (Lipinski definition) is 4. The van der Waals surface area contributed by atoms with Gasteiger partial charge in [-0.2, -0.15) is 0 Å². The van der Waals surface area contributed by atoms with Crippen LogP contribution in [0.5, 0.6) is 11.5 Å². The summed E-state index contributed by atoms with van der Waals surface area (Å²) in [5.74, 6) is 1.64. The fourth-order valence-corrected chi connectivity index (χ4v) is 2.46. The number of hydrogen-bond donors (Lipinski definition) is 1. The van der Waals surface area contributed by atoms with Crippen LogP contribution in [-0.2, 0) is 6.42 Å². The van der Waals surface area contributed by atoms with E-state index in [0.717, 1.165) is 53.9 Å². The van der Waals surface area contributed by atoms with Gasteiger partial charge in [-0.25, -0.2) is 4.98 Å². The molecule has 0 saturated heterocycles. The van der Waals surface area contributed by atoms with Crippen LogP contribution in [0.1, 0.15) is 24.1 Å². The lowest BCUT2D eigenvalue weighted by atomic mass is 10.0. The number of rotatable bonds is 6. The van der Waals surface area contributed by atoms with Gasteiger partial charge >= 0.3 is 0 Å². The van der Waals surface area contributed by atoms with Crippen LogP contribution in [0.15, 0.2) is 18.2 Å². The van der Waals surface area contributed by atoms with Crippen molar-refractivity contribution >= 4 is 10.9 Å². The molecule has 0 fully saturated rings. The summed E-state index contributed by atoms with van der Waals surface area (Å²) in [6, 6.07) is 6.04. The molecular formula is C16H22N2O2. The Morgan fingerprint density at radius 3 is 2.50 bits per heavy atom. The van der Waals surface area contributed by atoms with Gasteiger partial charge in [-0.1, -0.05) is 6.07 Å². The number of pyridine rings is 1. The number of aryl methyl sites for hydroxylation is 2. The predicted octanol–water partition coefficient (Wildman–Crippen LogP) is 2.84. The van der Waals surface area contributed by atoms with Gasteiger partial charge in [-0.05, 0) is 44.4 Å². The first kappa shape index (κ1) is 14.6. The Bertz CT molecular complexity index is 597. The van der Waals surface area contributed by atoms with Gasteiger partial charge in [0.15, 0.2) is 0 Å². The summed E-state index contributed by atoms with van der Waals surface area (Å²) in [5, 5.41) is 1.05. The first-order chi connectivity index (χ1) is 9.71. The molecule has 0 spiro atoms. The van der Waals surface area contributed by atoms with Crippen LogP contribution in [0.2, 0.25) is 0 Å². The van der Waals surface area contributed by atoms with E-state index in [-0.39, 0.29) is 0 Å². The molecule has 20 heavy (non-hydrogen) atoms. The largest absolute Gasteiger partial charge is 0.496 e. The Morgan fingerprint density at radius 2 is 1.85 bits per heavy atom. The van der Waals surface area contributed by atoms with Gasteiger partial charge < -0.3 is 15.2 Å². The predicted molar refractivity (Wildman–Crippen MR) is 81.6 cm³/mol. The molecule has 0 aliphatic rings. The third-order valence-electron chi connectivity index (χ3n) is 3.44. The minimum atomic E-state index is 0.725. The highest BCUT2D eigenvalue weighted by atomic mass is 16.5. The SMILES string of the molecule is COc1ccc(CCCCN)c2c(OC)cc(C)nc12. The molecule has 0 atom stereocenters. The topological polar surface area (TPSA) is 57.4 Å². The molecule has 2 aromatic rings. The van der Waals surface area contributed by atoms with Gasteiger partial charge in [0.2, 0.25) is 0 Å². The van der Waals surface area contributed by atoms with Crippen LogP contribution in [-0.4, -0.2) is 25.7 Å². The molecule has 0 saturated carbocycles. The van der Waals surface area contributed by atoms with Crippen molar-refractivity contribution in [2.24, 2.45) is 5.73 Å². The highest BCUT2D eigenvalue weighted by molar-refractivity contribution is 5.93. The summed E-state index contributed by atoms with van der Waals surface area (Å²) >= 11 is 0. The van der Waals surface area contributed by atoms with Crippen LogP contribution < -0.4 is 15.2 Å². The Labute approximate surface area is 119 Å². The summed E-state index contributed by atoms with van der Waals surface area (Å²) in [6.07, 6.45) is 3.06. The highest BCUT2D eigenvalue weighted by Gasteiger charge is 2.13. The van der Waals surface area contributed by atoms with Gasteiger partial charge in [0, 0.05) is 17.1 Å². The maximum atomic E-state index is 5.57. The fourth-order valence-electron chi connectivity index (χ4n) is 2.46. The normalized spacial score (nSPS) is 10.8. The summed E-state index contributed by atoms with van der Waals surface area (Å²) in [7, 11) is 3.36. The minimum Gasteiger partial charge on any atom is -0.496 e. The van der Waals surface area contributed by atoms with Gasteiger partial charge in [0.25, 0.3) is 0 Å². The molecule has 2 N–H and O–H groups in total. The molecule has 1 aromatic heterocycles. The van der Waals surface area contributed by atoms with Crippen LogP contribution >= 0.6 is 0 Å². The Balaban J connectivity index is 2.58. The second-order valence-electron chi connectivity index (χ2n) is 4.86. The lowest BCUT2D eigenvalue weighted by Crippen LogP contribution is -2.01. The Kier molecular flexibility index (Phi) is 4.79. The molecule has 0 amide bonds. The molecule has 0 radical (unpaired) electrons. The average Bonchev–Trinajstić information content (AvgIpc) is 2.46. The van der Waals surface area contributed by atoms with Crippen LogP contribution in [0, 0.1) is 6.92 Å². The summed E-state index contributed by atoms with van der Waals surface area (Å²) < 4.78 is 11.0. The third-order valence-corrected chi connectivity index (χ3v) is 3.44. The van der Waals surface area contributed by atoms with Crippen molar-refractivity contribution in [2.45, 2.75) is 26.2 Å². The number of nitrogens with two attached hydrogens (primary N) is 1. The smallest absolute Gasteiger partial charge is 0.145 e. The third kappa shape index (κ3) is 2.85. The zero-order valence-corrected chi connectivity index (χ0v) is 12.4. The first-order valence-corrected chi connectivity index (χ1v) is 6.92. The van der Waals surface area contributed by atoms with E-state index in [9.17, 15) is 0 Å². The number of ether oxygens (including phenoxy) is 2. The fraction of sp³-hybridized carbons (Fsp3) is 0.438. The van der Waals surface area contributed by atoms with Crippen molar-refractivity contribution in [3.8, 4) is 11.5 Å². The van der Waals surface area contributed by atoms with Crippen molar-refractivity contribution in [1.82, 2.24) is 4.98 Å². The van der Waals surface area contributed by atoms with Crippen molar-refractivity contribution in [3.63, 3.8) is 0 Å². The van der Waals surface area contributed by atoms with E-state index in [1.165, 1.54) is 5.56 Å². The average molecular weight is 274 g/mol. The van der Waals surface area contributed by atoms with E-state index in [0.29, 0.717) is 0 Å². The summed E-state index contributed by atoms with van der Waals surface area (Å²) in [5.41, 5.74) is 8.60. The molecule has 4 heteroatoms. The van der Waals surface area contributed by atoms with E-state index in [4.69, 9.17) is 15.2 Å². The van der Waals surface area contributed by atoms with E-state index >= 15 is 0 Å². The van der Waals surface area contributed by atoms with Gasteiger partial charge in [0.05, 0.1) is 14.2 Å². The minimum absolute atomic E-state index is 0.725. The maximum Gasteiger partial charge on any atom is 0.145 e. The molecule has 1 aromatic carbocycles. The molecule has 2 rings (SSSR count). The van der Waals surface area contributed by atoms with Crippen LogP contribution in [0.4, 0.5) is 0 Å². The lowest BCUT2D eigenvalue weighted by molar-refractivity contribution is 0.413. The van der Waals surface area contributed by atoms with Crippen LogP contribution in [0.3, 0.4) is 0 Å². The van der Waals surface area contributed by atoms with Crippen molar-refractivity contribution < 1.29 is 9.47 Å². The highest BCUT2D eigenvalue weighted by Crippen LogP contribution is 2.35. The molecule has 0 unspecified atom stereocenters. The number of fused-ring (bicyclic) bond motifs is 1. The van der Waals surface area contributed by atoms with E-state index in [1.54, 1.807) is 14.2 Å². The Morgan fingerprint density at radius 1 is 1.10 bits per heavy atom. The van der Waals surface area contributed by atoms with Gasteiger partial charge in [0.1, 0.15) is 17.0 Å². The van der Waals surface area contributed by atoms with E-state index in [1.807, 2.05) is 19.1 Å². The number of benzene rings is 1. The Hall–Kier alpha value is -1.81. The standard InChI is InChI=1S/C16H22N2O2/c1-11-10-14(20-3)15-12(6-4-5-9-17)7-8-13(19-2)16(15)18-11/h7-8,10H,4-6,9,17H2,1-3H3. The lowest BCUT2D eigenvalue weighted by Gasteiger charge is -2.14. The van der Waals surface area contributed by atoms with Gasteiger partial charge in [-0.3, -0.25) is 0 Å². The molecule has 0 bridgehead atoms. The first-order valence-electron chi connectivity index (χ1n) is 6.92. The second-order valence-corrected chi connectivity index (χ2v) is 4.86. The second kappa shape index (κ2) is 6.57. The van der Waals surface area contributed by atoms with Crippen molar-refractivity contribution in [1.29, 1.82) is 0 Å². The summed E-state index contributed by atoms with van der Waals surface area (Å²) in [4.78, 5) is 4.61. The molecule has 1 heterocycles. The van der Waals surface area contributed by atoms with Gasteiger partial charge in [-0.15, -0.1) is 0 Å². The number of aromatic nitrogens is 1. The zero-order chi connectivity index (χ0) is 14.5. The monoisotopic (exact) mass is 274 g/mol. The molecule has 0 aliphatic heterocycles. The maximum absolute atomic E-state index is 5.57. The summed E-state index contributed by atoms with van der Waals surface area (Å²) in [6.45, 7) is 2.69. The van der Waals surface area contributed by atoms with Crippen LogP contribution in [0.25, 0.3) is 10.9 Å². The molecule has 4 nitrogen and oxygen atoms in total. The van der Waals surface area contributed by atoms with E-state index < -0.39 is 0 Å². The molecular weight excluding hydrogens is 252 g/mol. The number of methoxy groups -OCH3 is 2. The van der Waals surface area contributed by atoms with E-state index in [2.05, 4.69) is 11.1 Å². The molecule has 0 aliphatic carbocycles. The quantitative estimate of drug-likeness (QED) is 0.823. The zero-order valence-electron chi connectivity index (χ0n) is 12.4. The van der Waals surface area contributed by atoms with Crippen molar-refractivity contribution in [2.75, 3.05) is 20.8 Å². The number of unbranched alkanes of at least 4 members (excludes halogenated alkanes) is 1. The number of nitrogens with zero attached hydrogens (tertiary/aromatic N) is 1. The molecule has 108 valence electrons. The van der Waals surface area contributed by atoms with Crippen molar-refractivity contribution in [3.05, 3.63) is 29.5 Å².